The Morgan fingerprint density at radius 3 is 2.40 bits per heavy atom. The van der Waals surface area contributed by atoms with Crippen LogP contribution >= 0.6 is 0 Å². The van der Waals surface area contributed by atoms with E-state index in [1.165, 1.54) is 4.90 Å². The normalized spacial score (nSPS) is 39.3. The Labute approximate surface area is 175 Å². The summed E-state index contributed by atoms with van der Waals surface area (Å²) in [4.78, 5) is 28.2. The number of aliphatic hydroxyl groups is 2. The number of amides is 2. The molecule has 162 valence electrons. The summed E-state index contributed by atoms with van der Waals surface area (Å²) < 4.78 is 6.09. The van der Waals surface area contributed by atoms with Crippen LogP contribution in [0.2, 0.25) is 0 Å². The molecule has 30 heavy (non-hydrogen) atoms. The van der Waals surface area contributed by atoms with Crippen molar-refractivity contribution >= 4 is 11.8 Å². The first kappa shape index (κ1) is 20.0. The Bertz CT molecular complexity index is 835. The molecule has 7 heteroatoms. The number of aromatic hydroxyl groups is 1. The van der Waals surface area contributed by atoms with Crippen molar-refractivity contribution in [2.75, 3.05) is 6.61 Å². The number of fused-ring (bicyclic) bond motifs is 3. The number of carbonyl (C=O) groups excluding carboxylic acids is 2. The molecule has 0 radical (unpaired) electrons. The van der Waals surface area contributed by atoms with E-state index in [1.807, 2.05) is 0 Å². The third-order valence-electron chi connectivity index (χ3n) is 7.82. The summed E-state index contributed by atoms with van der Waals surface area (Å²) in [6.45, 7) is -0.302. The molecule has 2 aliphatic heterocycles. The Morgan fingerprint density at radius 1 is 1.03 bits per heavy atom. The minimum Gasteiger partial charge on any atom is -0.508 e. The van der Waals surface area contributed by atoms with Gasteiger partial charge in [-0.1, -0.05) is 31.4 Å². The summed E-state index contributed by atoms with van der Waals surface area (Å²) in [6, 6.07) is 6.56. The summed E-state index contributed by atoms with van der Waals surface area (Å²) in [5.41, 5.74) is 0.796. The van der Waals surface area contributed by atoms with E-state index >= 15 is 0 Å². The van der Waals surface area contributed by atoms with Crippen LogP contribution in [0.5, 0.6) is 5.75 Å². The highest BCUT2D eigenvalue weighted by molar-refractivity contribution is 6.05. The van der Waals surface area contributed by atoms with Gasteiger partial charge in [0.05, 0.1) is 24.5 Å². The average molecular weight is 415 g/mol. The van der Waals surface area contributed by atoms with Gasteiger partial charge < -0.3 is 20.1 Å². The lowest BCUT2D eigenvalue weighted by Crippen LogP contribution is -2.54. The van der Waals surface area contributed by atoms with Gasteiger partial charge in [0.15, 0.2) is 5.79 Å². The smallest absolute Gasteiger partial charge is 0.233 e. The monoisotopic (exact) mass is 415 g/mol. The molecule has 5 rings (SSSR count). The van der Waals surface area contributed by atoms with Crippen LogP contribution in [0.4, 0.5) is 0 Å². The number of hydrogen-bond donors (Lipinski definition) is 3. The number of phenols is 1. The van der Waals surface area contributed by atoms with Crippen molar-refractivity contribution in [3.8, 4) is 5.75 Å². The molecule has 4 fully saturated rings. The van der Waals surface area contributed by atoms with Gasteiger partial charge in [-0.25, -0.2) is 0 Å². The summed E-state index contributed by atoms with van der Waals surface area (Å²) in [7, 11) is 0. The van der Waals surface area contributed by atoms with Gasteiger partial charge in [-0.05, 0) is 43.4 Å². The van der Waals surface area contributed by atoms with Crippen molar-refractivity contribution in [3.63, 3.8) is 0 Å². The minimum atomic E-state index is -1.64. The van der Waals surface area contributed by atoms with Crippen molar-refractivity contribution in [1.29, 1.82) is 0 Å². The molecule has 2 saturated heterocycles. The zero-order valence-electron chi connectivity index (χ0n) is 16.9. The molecule has 0 bridgehead atoms. The molecule has 2 aliphatic carbocycles. The second-order valence-corrected chi connectivity index (χ2v) is 9.38. The number of rotatable bonds is 3. The molecule has 2 saturated carbocycles. The highest BCUT2D eigenvalue weighted by atomic mass is 16.6. The molecular weight excluding hydrogens is 386 g/mol. The van der Waals surface area contributed by atoms with E-state index in [-0.39, 0.29) is 36.6 Å². The molecule has 2 heterocycles. The predicted octanol–water partition coefficient (Wildman–Crippen LogP) is 2.10. The number of aliphatic hydroxyl groups excluding tert-OH is 1. The number of ether oxygens (including phenoxy) is 1. The van der Waals surface area contributed by atoms with Gasteiger partial charge in [0, 0.05) is 17.9 Å². The molecular formula is C23H29NO6. The number of carbonyl (C=O) groups is 2. The number of hydrogen-bond acceptors (Lipinski definition) is 6. The average Bonchev–Trinajstić information content (AvgIpc) is 3.22. The second-order valence-electron chi connectivity index (χ2n) is 9.38. The summed E-state index contributed by atoms with van der Waals surface area (Å²) in [6.07, 6.45) is 5.08. The van der Waals surface area contributed by atoms with Gasteiger partial charge in [-0.15, -0.1) is 0 Å². The zero-order chi connectivity index (χ0) is 21.0. The fourth-order valence-electron chi connectivity index (χ4n) is 6.31. The zero-order valence-corrected chi connectivity index (χ0v) is 16.9. The van der Waals surface area contributed by atoms with E-state index in [1.54, 1.807) is 24.3 Å². The van der Waals surface area contributed by atoms with Crippen LogP contribution in [-0.2, 0) is 14.3 Å². The molecule has 0 aromatic heterocycles. The van der Waals surface area contributed by atoms with Crippen molar-refractivity contribution in [2.45, 2.75) is 62.9 Å². The van der Waals surface area contributed by atoms with Crippen molar-refractivity contribution in [1.82, 2.24) is 4.90 Å². The van der Waals surface area contributed by atoms with Crippen molar-refractivity contribution in [2.24, 2.45) is 23.7 Å². The van der Waals surface area contributed by atoms with E-state index in [2.05, 4.69) is 0 Å². The molecule has 6 atom stereocenters. The van der Waals surface area contributed by atoms with Gasteiger partial charge in [-0.2, -0.15) is 0 Å². The quantitative estimate of drug-likeness (QED) is 0.653. The lowest BCUT2D eigenvalue weighted by Gasteiger charge is -2.44. The summed E-state index contributed by atoms with van der Waals surface area (Å²) in [5, 5.41) is 31.1. The Morgan fingerprint density at radius 2 is 1.73 bits per heavy atom. The maximum atomic E-state index is 13.5. The highest BCUT2D eigenvalue weighted by Crippen LogP contribution is 2.58. The van der Waals surface area contributed by atoms with E-state index in [0.717, 1.165) is 37.7 Å². The lowest BCUT2D eigenvalue weighted by molar-refractivity contribution is -0.274. The number of imide groups is 1. The Balaban J connectivity index is 1.47. The lowest BCUT2D eigenvalue weighted by atomic mass is 9.64. The molecule has 1 aromatic carbocycles. The fourth-order valence-corrected chi connectivity index (χ4v) is 6.31. The van der Waals surface area contributed by atoms with Gasteiger partial charge in [0.2, 0.25) is 11.8 Å². The third kappa shape index (κ3) is 2.90. The van der Waals surface area contributed by atoms with Gasteiger partial charge in [-0.3, -0.25) is 14.5 Å². The van der Waals surface area contributed by atoms with Gasteiger partial charge in [0.25, 0.3) is 0 Å². The van der Waals surface area contributed by atoms with Crippen LogP contribution in [0, 0.1) is 23.7 Å². The van der Waals surface area contributed by atoms with Crippen molar-refractivity contribution in [3.05, 3.63) is 29.8 Å². The maximum absolute atomic E-state index is 13.5. The van der Waals surface area contributed by atoms with Crippen LogP contribution in [0.3, 0.4) is 0 Å². The first-order valence-electron chi connectivity index (χ1n) is 11.1. The van der Waals surface area contributed by atoms with Gasteiger partial charge >= 0.3 is 0 Å². The van der Waals surface area contributed by atoms with Crippen LogP contribution < -0.4 is 0 Å². The van der Waals surface area contributed by atoms with Crippen LogP contribution in [0.15, 0.2) is 24.3 Å². The molecule has 3 N–H and O–H groups in total. The molecule has 0 unspecified atom stereocenters. The molecule has 2 amide bonds. The van der Waals surface area contributed by atoms with Crippen LogP contribution in [-0.4, -0.2) is 50.5 Å². The Hall–Kier alpha value is -1.96. The molecule has 1 aromatic rings. The number of benzene rings is 1. The van der Waals surface area contributed by atoms with E-state index in [4.69, 9.17) is 4.74 Å². The minimum absolute atomic E-state index is 0.0414. The first-order chi connectivity index (χ1) is 14.4. The topological polar surface area (TPSA) is 107 Å². The SMILES string of the molecule is O=C1[C@H]2[C@H](C[C@H](CO)[C@@]3(O)O[C@H](c4ccc(O)cc4)C[C@@H]23)C(=O)N1C1CCCCC1. The predicted molar refractivity (Wildman–Crippen MR) is 106 cm³/mol. The molecule has 7 nitrogen and oxygen atoms in total. The number of nitrogens with zero attached hydrogens (tertiary/aromatic N) is 1. The highest BCUT2D eigenvalue weighted by Gasteiger charge is 2.67. The molecule has 4 aliphatic rings. The standard InChI is InChI=1S/C23H29NO6/c25-12-14-10-17-20(22(28)24(21(17)27)15-4-2-1-3-5-15)18-11-19(30-23(14,18)29)13-6-8-16(26)9-7-13/h6-9,14-15,17-20,25-26,29H,1-5,10-12H2/t14-,17+,18+,19+,20+,23-/m1/s1. The summed E-state index contributed by atoms with van der Waals surface area (Å²) >= 11 is 0. The van der Waals surface area contributed by atoms with Crippen molar-refractivity contribution < 1.29 is 29.6 Å². The fraction of sp³-hybridized carbons (Fsp3) is 0.652. The second kappa shape index (κ2) is 7.32. The maximum Gasteiger partial charge on any atom is 0.233 e. The molecule has 0 spiro atoms. The third-order valence-corrected chi connectivity index (χ3v) is 7.82. The number of phenolic OH excluding ortho intramolecular Hbond substituents is 1. The summed E-state index contributed by atoms with van der Waals surface area (Å²) in [5.74, 6) is -4.07. The van der Waals surface area contributed by atoms with E-state index in [9.17, 15) is 24.9 Å². The largest absolute Gasteiger partial charge is 0.508 e. The van der Waals surface area contributed by atoms with Crippen LogP contribution in [0.1, 0.15) is 56.6 Å². The van der Waals surface area contributed by atoms with E-state index in [0.29, 0.717) is 6.42 Å². The Kier molecular flexibility index (Phi) is 4.87. The van der Waals surface area contributed by atoms with Crippen LogP contribution in [0.25, 0.3) is 0 Å². The number of likely N-dealkylation sites (tertiary alicyclic amines) is 1. The van der Waals surface area contributed by atoms with Gasteiger partial charge in [0.1, 0.15) is 5.75 Å². The first-order valence-corrected chi connectivity index (χ1v) is 11.1. The van der Waals surface area contributed by atoms with E-state index < -0.39 is 35.6 Å².